The first-order valence-electron chi connectivity index (χ1n) is 15.0. The molecule has 46 heavy (non-hydrogen) atoms. The Bertz CT molecular complexity index is 1750. The van der Waals surface area contributed by atoms with E-state index in [4.69, 9.17) is 11.6 Å². The summed E-state index contributed by atoms with van der Waals surface area (Å²) in [6.07, 6.45) is 3.77. The third-order valence-electron chi connectivity index (χ3n) is 8.04. The number of halogens is 3. The predicted octanol–water partition coefficient (Wildman–Crippen LogP) is 6.51. The molecule has 1 saturated carbocycles. The second kappa shape index (κ2) is 14.9. The van der Waals surface area contributed by atoms with Crippen LogP contribution in [0.3, 0.4) is 0 Å². The molecule has 11 heteroatoms. The summed E-state index contributed by atoms with van der Waals surface area (Å²) in [6, 6.07) is 24.6. The van der Waals surface area contributed by atoms with E-state index in [9.17, 15) is 26.8 Å². The van der Waals surface area contributed by atoms with Gasteiger partial charge in [0.2, 0.25) is 11.8 Å². The molecule has 2 amide bonds. The smallest absolute Gasteiger partial charge is 0.264 e. The lowest BCUT2D eigenvalue weighted by molar-refractivity contribution is -0.140. The zero-order valence-corrected chi connectivity index (χ0v) is 26.6. The molecule has 0 saturated heterocycles. The Morgan fingerprint density at radius 2 is 1.48 bits per heavy atom. The fraction of sp³-hybridized carbons (Fsp3) is 0.257. The number of benzene rings is 4. The SMILES string of the molecule is O=C(NC1CCCC1)[C@H](Cc1ccccc1)N(Cc1ccc(F)cc1)C(=O)CN(c1ccc(F)c(Cl)c1)S(=O)(=O)c1ccccc1. The number of nitrogens with one attached hydrogen (secondary N) is 1. The summed E-state index contributed by atoms with van der Waals surface area (Å²) in [5.41, 5.74) is 1.31. The molecule has 0 bridgehead atoms. The van der Waals surface area contributed by atoms with E-state index in [-0.39, 0.29) is 40.5 Å². The summed E-state index contributed by atoms with van der Waals surface area (Å²) in [7, 11) is -4.36. The van der Waals surface area contributed by atoms with E-state index in [1.165, 1.54) is 47.4 Å². The molecule has 0 heterocycles. The molecule has 4 aromatic carbocycles. The van der Waals surface area contributed by atoms with Crippen molar-refractivity contribution in [3.05, 3.63) is 131 Å². The minimum atomic E-state index is -4.36. The lowest BCUT2D eigenvalue weighted by atomic mass is 10.0. The standard InChI is InChI=1S/C35H34ClF2N3O4S/c36-31-22-29(19-20-32(31)38)41(46(44,45)30-13-5-2-6-14-30)24-34(42)40(23-26-15-17-27(37)18-16-26)33(21-25-9-3-1-4-10-25)35(43)39-28-11-7-8-12-28/h1-6,9-10,13-20,22,28,33H,7-8,11-12,21,23-24H2,(H,39,43)/t33-/m0/s1. The second-order valence-corrected chi connectivity index (χ2v) is 13.5. The van der Waals surface area contributed by atoms with Gasteiger partial charge in [0.05, 0.1) is 15.6 Å². The average Bonchev–Trinajstić information content (AvgIpc) is 3.57. The average molecular weight is 666 g/mol. The van der Waals surface area contributed by atoms with Gasteiger partial charge in [-0.25, -0.2) is 17.2 Å². The van der Waals surface area contributed by atoms with Crippen molar-refractivity contribution in [2.24, 2.45) is 0 Å². The summed E-state index contributed by atoms with van der Waals surface area (Å²) >= 11 is 6.06. The summed E-state index contributed by atoms with van der Waals surface area (Å²) in [5, 5.41) is 2.78. The fourth-order valence-corrected chi connectivity index (χ4v) is 7.20. The Hall–Kier alpha value is -4.28. The highest BCUT2D eigenvalue weighted by atomic mass is 35.5. The Morgan fingerprint density at radius 3 is 2.11 bits per heavy atom. The quantitative estimate of drug-likeness (QED) is 0.187. The maximum absolute atomic E-state index is 14.5. The second-order valence-electron chi connectivity index (χ2n) is 11.3. The fourth-order valence-electron chi connectivity index (χ4n) is 5.60. The summed E-state index contributed by atoms with van der Waals surface area (Å²) in [6.45, 7) is -0.819. The highest BCUT2D eigenvalue weighted by molar-refractivity contribution is 7.92. The molecule has 1 aliphatic rings. The van der Waals surface area contributed by atoms with Crippen LogP contribution in [0.25, 0.3) is 0 Å². The Kier molecular flexibility index (Phi) is 10.7. The lowest BCUT2D eigenvalue weighted by Gasteiger charge is -2.34. The summed E-state index contributed by atoms with van der Waals surface area (Å²) in [4.78, 5) is 29.7. The molecule has 1 N–H and O–H groups in total. The summed E-state index contributed by atoms with van der Waals surface area (Å²) in [5.74, 6) is -2.27. The molecule has 7 nitrogen and oxygen atoms in total. The Labute approximate surface area is 272 Å². The van der Waals surface area contributed by atoms with Gasteiger partial charge in [-0.15, -0.1) is 0 Å². The topological polar surface area (TPSA) is 86.8 Å². The van der Waals surface area contributed by atoms with Crippen molar-refractivity contribution in [1.82, 2.24) is 10.2 Å². The zero-order chi connectivity index (χ0) is 32.7. The van der Waals surface area contributed by atoms with Crippen molar-refractivity contribution in [1.29, 1.82) is 0 Å². The molecule has 0 radical (unpaired) electrons. The minimum Gasteiger partial charge on any atom is -0.352 e. The third-order valence-corrected chi connectivity index (χ3v) is 10.1. The number of hydrogen-bond acceptors (Lipinski definition) is 4. The number of rotatable bonds is 12. The number of amides is 2. The number of hydrogen-bond donors (Lipinski definition) is 1. The van der Waals surface area contributed by atoms with Crippen molar-refractivity contribution in [2.75, 3.05) is 10.8 Å². The largest absolute Gasteiger partial charge is 0.352 e. The molecule has 1 aliphatic carbocycles. The van der Waals surface area contributed by atoms with Gasteiger partial charge in [-0.2, -0.15) is 0 Å². The van der Waals surface area contributed by atoms with Gasteiger partial charge in [0.15, 0.2) is 0 Å². The molecular formula is C35H34ClF2N3O4S. The maximum atomic E-state index is 14.5. The van der Waals surface area contributed by atoms with E-state index in [2.05, 4.69) is 5.32 Å². The van der Waals surface area contributed by atoms with Crippen LogP contribution in [0.15, 0.2) is 108 Å². The van der Waals surface area contributed by atoms with Crippen molar-refractivity contribution in [3.8, 4) is 0 Å². The predicted molar refractivity (Wildman–Crippen MR) is 174 cm³/mol. The zero-order valence-electron chi connectivity index (χ0n) is 25.0. The minimum absolute atomic E-state index is 0.0275. The molecular weight excluding hydrogens is 632 g/mol. The van der Waals surface area contributed by atoms with Gasteiger partial charge < -0.3 is 10.2 Å². The van der Waals surface area contributed by atoms with Crippen LogP contribution in [0.1, 0.15) is 36.8 Å². The first-order chi connectivity index (χ1) is 22.1. The highest BCUT2D eigenvalue weighted by Gasteiger charge is 2.35. The number of nitrogens with zero attached hydrogens (tertiary/aromatic N) is 2. The van der Waals surface area contributed by atoms with Crippen molar-refractivity contribution >= 4 is 39.1 Å². The van der Waals surface area contributed by atoms with Crippen molar-refractivity contribution in [2.45, 2.75) is 55.6 Å². The highest BCUT2D eigenvalue weighted by Crippen LogP contribution is 2.29. The van der Waals surface area contributed by atoms with E-state index in [1.807, 2.05) is 30.3 Å². The number of anilines is 1. The van der Waals surface area contributed by atoms with Crippen LogP contribution in [0.5, 0.6) is 0 Å². The first kappa shape index (κ1) is 33.1. The van der Waals surface area contributed by atoms with Crippen molar-refractivity contribution < 1.29 is 26.8 Å². The van der Waals surface area contributed by atoms with Gasteiger partial charge in [-0.05, 0) is 66.4 Å². The van der Waals surface area contributed by atoms with Crippen LogP contribution in [0, 0.1) is 11.6 Å². The lowest BCUT2D eigenvalue weighted by Crippen LogP contribution is -2.54. The molecule has 0 aromatic heterocycles. The number of carbonyl (C=O) groups excluding carboxylic acids is 2. The van der Waals surface area contributed by atoms with E-state index in [0.29, 0.717) is 5.56 Å². The van der Waals surface area contributed by atoms with E-state index < -0.39 is 40.2 Å². The molecule has 0 aliphatic heterocycles. The van der Waals surface area contributed by atoms with E-state index in [1.54, 1.807) is 18.2 Å². The van der Waals surface area contributed by atoms with Gasteiger partial charge >= 0.3 is 0 Å². The van der Waals surface area contributed by atoms with Gasteiger partial charge in [0.25, 0.3) is 10.0 Å². The molecule has 4 aromatic rings. The molecule has 1 atom stereocenters. The number of sulfonamides is 1. The van der Waals surface area contributed by atoms with Crippen LogP contribution in [-0.2, 0) is 32.6 Å². The third kappa shape index (κ3) is 8.10. The van der Waals surface area contributed by atoms with Crippen molar-refractivity contribution in [3.63, 3.8) is 0 Å². The van der Waals surface area contributed by atoms with Crippen LogP contribution in [0.4, 0.5) is 14.5 Å². The van der Waals surface area contributed by atoms with E-state index in [0.717, 1.165) is 47.7 Å². The van der Waals surface area contributed by atoms with Gasteiger partial charge in [-0.1, -0.05) is 85.1 Å². The van der Waals surface area contributed by atoms with Gasteiger partial charge in [-0.3, -0.25) is 13.9 Å². The monoisotopic (exact) mass is 665 g/mol. The maximum Gasteiger partial charge on any atom is 0.264 e. The number of carbonyl (C=O) groups is 2. The first-order valence-corrected chi connectivity index (χ1v) is 16.8. The van der Waals surface area contributed by atoms with Crippen LogP contribution in [-0.4, -0.2) is 43.8 Å². The normalized spacial score (nSPS) is 14.1. The molecule has 5 rings (SSSR count). The van der Waals surface area contributed by atoms with E-state index >= 15 is 0 Å². The van der Waals surface area contributed by atoms with Crippen LogP contribution < -0.4 is 9.62 Å². The molecule has 240 valence electrons. The van der Waals surface area contributed by atoms with Gasteiger partial charge in [0.1, 0.15) is 24.2 Å². The Balaban J connectivity index is 1.57. The molecule has 0 unspecified atom stereocenters. The van der Waals surface area contributed by atoms with Crippen LogP contribution >= 0.6 is 11.6 Å². The molecule has 0 spiro atoms. The van der Waals surface area contributed by atoms with Gasteiger partial charge in [0, 0.05) is 19.0 Å². The van der Waals surface area contributed by atoms with Crippen LogP contribution in [0.2, 0.25) is 5.02 Å². The summed E-state index contributed by atoms with van der Waals surface area (Å²) < 4.78 is 56.9. The Morgan fingerprint density at radius 1 is 0.848 bits per heavy atom. The molecule has 1 fully saturated rings.